The number of benzene rings is 1. The van der Waals surface area contributed by atoms with E-state index in [0.717, 1.165) is 16.6 Å². The van der Waals surface area contributed by atoms with Gasteiger partial charge in [0.1, 0.15) is 11.4 Å². The van der Waals surface area contributed by atoms with E-state index in [1.807, 2.05) is 25.1 Å². The number of carbonyl (C=O) groups is 1. The van der Waals surface area contributed by atoms with Crippen molar-refractivity contribution in [3.63, 3.8) is 0 Å². The zero-order valence-corrected chi connectivity index (χ0v) is 12.7. The van der Waals surface area contributed by atoms with Gasteiger partial charge in [-0.1, -0.05) is 17.4 Å². The van der Waals surface area contributed by atoms with Crippen LogP contribution in [0.3, 0.4) is 0 Å². The second-order valence-corrected chi connectivity index (χ2v) is 5.97. The molecule has 3 aromatic rings. The average Bonchev–Trinajstić information content (AvgIpc) is 3.06. The SMILES string of the molecule is Cc1ccc2ncn(CC(=O)Nc3ncc(C(F)(F)F)s3)c2c1. The molecule has 2 heterocycles. The van der Waals surface area contributed by atoms with E-state index >= 15 is 0 Å². The van der Waals surface area contributed by atoms with Crippen molar-refractivity contribution >= 4 is 33.4 Å². The molecule has 1 amide bonds. The van der Waals surface area contributed by atoms with E-state index in [-0.39, 0.29) is 11.7 Å². The number of imidazole rings is 1. The molecule has 1 N–H and O–H groups in total. The zero-order chi connectivity index (χ0) is 16.6. The molecule has 0 unspecified atom stereocenters. The Bertz CT molecular complexity index is 868. The Morgan fingerprint density at radius 1 is 1.35 bits per heavy atom. The number of hydrogen-bond donors (Lipinski definition) is 1. The van der Waals surface area contributed by atoms with Crippen LogP contribution in [0.15, 0.2) is 30.7 Å². The van der Waals surface area contributed by atoms with Crippen LogP contribution >= 0.6 is 11.3 Å². The van der Waals surface area contributed by atoms with Crippen molar-refractivity contribution in [2.45, 2.75) is 19.6 Å². The normalized spacial score (nSPS) is 11.8. The van der Waals surface area contributed by atoms with Crippen LogP contribution < -0.4 is 5.32 Å². The summed E-state index contributed by atoms with van der Waals surface area (Å²) in [4.78, 5) is 18.9. The fraction of sp³-hybridized carbons (Fsp3) is 0.214. The van der Waals surface area contributed by atoms with Crippen LogP contribution in [0.5, 0.6) is 0 Å². The summed E-state index contributed by atoms with van der Waals surface area (Å²) in [6.07, 6.45) is -2.23. The Morgan fingerprint density at radius 2 is 2.13 bits per heavy atom. The molecule has 0 saturated heterocycles. The molecule has 0 fully saturated rings. The number of amides is 1. The van der Waals surface area contributed by atoms with E-state index in [2.05, 4.69) is 15.3 Å². The lowest BCUT2D eigenvalue weighted by molar-refractivity contribution is -0.134. The van der Waals surface area contributed by atoms with Crippen molar-refractivity contribution in [3.05, 3.63) is 41.2 Å². The van der Waals surface area contributed by atoms with Crippen LogP contribution in [-0.4, -0.2) is 20.4 Å². The molecule has 0 aliphatic carbocycles. The van der Waals surface area contributed by atoms with Crippen LogP contribution in [0.25, 0.3) is 11.0 Å². The maximum absolute atomic E-state index is 12.5. The molecule has 120 valence electrons. The molecule has 5 nitrogen and oxygen atoms in total. The monoisotopic (exact) mass is 340 g/mol. The van der Waals surface area contributed by atoms with Gasteiger partial charge in [0.15, 0.2) is 5.13 Å². The van der Waals surface area contributed by atoms with Gasteiger partial charge in [-0.2, -0.15) is 13.2 Å². The number of alkyl halides is 3. The quantitative estimate of drug-likeness (QED) is 0.794. The summed E-state index contributed by atoms with van der Waals surface area (Å²) in [5.74, 6) is -0.464. The molecule has 23 heavy (non-hydrogen) atoms. The molecule has 0 radical (unpaired) electrons. The Labute approximate surface area is 132 Å². The van der Waals surface area contributed by atoms with Crippen LogP contribution in [0.2, 0.25) is 0 Å². The second-order valence-electron chi connectivity index (χ2n) is 4.94. The van der Waals surface area contributed by atoms with Gasteiger partial charge < -0.3 is 9.88 Å². The van der Waals surface area contributed by atoms with Gasteiger partial charge in [-0.15, -0.1) is 0 Å². The smallest absolute Gasteiger partial charge is 0.321 e. The highest BCUT2D eigenvalue weighted by Crippen LogP contribution is 2.34. The summed E-state index contributed by atoms with van der Waals surface area (Å²) < 4.78 is 39.1. The Hall–Kier alpha value is -2.42. The van der Waals surface area contributed by atoms with E-state index in [4.69, 9.17) is 0 Å². The maximum Gasteiger partial charge on any atom is 0.427 e. The number of halogens is 3. The molecule has 0 saturated carbocycles. The van der Waals surface area contributed by atoms with Gasteiger partial charge in [0.05, 0.1) is 23.6 Å². The van der Waals surface area contributed by atoms with Gasteiger partial charge in [-0.05, 0) is 24.6 Å². The highest BCUT2D eigenvalue weighted by molar-refractivity contribution is 7.15. The van der Waals surface area contributed by atoms with Crippen LogP contribution in [0.4, 0.5) is 18.3 Å². The topological polar surface area (TPSA) is 59.8 Å². The number of nitrogens with zero attached hydrogens (tertiary/aromatic N) is 3. The summed E-state index contributed by atoms with van der Waals surface area (Å²) in [5.41, 5.74) is 2.56. The summed E-state index contributed by atoms with van der Waals surface area (Å²) in [6, 6.07) is 5.64. The third-order valence-electron chi connectivity index (χ3n) is 3.12. The lowest BCUT2D eigenvalue weighted by Crippen LogP contribution is -2.18. The fourth-order valence-electron chi connectivity index (χ4n) is 2.07. The van der Waals surface area contributed by atoms with Gasteiger partial charge in [0.2, 0.25) is 5.91 Å². The molecule has 0 bridgehead atoms. The summed E-state index contributed by atoms with van der Waals surface area (Å²) in [6.45, 7) is 1.87. The first-order valence-electron chi connectivity index (χ1n) is 6.57. The minimum Gasteiger partial charge on any atom is -0.321 e. The van der Waals surface area contributed by atoms with Gasteiger partial charge in [-0.3, -0.25) is 4.79 Å². The molecule has 0 aliphatic heterocycles. The molecule has 0 spiro atoms. The molecule has 2 aromatic heterocycles. The van der Waals surface area contributed by atoms with E-state index in [1.54, 1.807) is 4.57 Å². The second kappa shape index (κ2) is 5.65. The van der Waals surface area contributed by atoms with Gasteiger partial charge >= 0.3 is 6.18 Å². The average molecular weight is 340 g/mol. The van der Waals surface area contributed by atoms with Crippen molar-refractivity contribution in [1.82, 2.24) is 14.5 Å². The van der Waals surface area contributed by atoms with Crippen molar-refractivity contribution in [2.75, 3.05) is 5.32 Å². The number of aromatic nitrogens is 3. The molecule has 1 aromatic carbocycles. The Balaban J connectivity index is 1.74. The minimum absolute atomic E-state index is 0.0547. The number of carbonyl (C=O) groups excluding carboxylic acids is 1. The predicted octanol–water partition coefficient (Wildman–Crippen LogP) is 3.46. The molecular weight excluding hydrogens is 329 g/mol. The number of thiazole rings is 1. The number of anilines is 1. The third-order valence-corrected chi connectivity index (χ3v) is 4.08. The predicted molar refractivity (Wildman–Crippen MR) is 80.2 cm³/mol. The van der Waals surface area contributed by atoms with Gasteiger partial charge in [-0.25, -0.2) is 9.97 Å². The summed E-state index contributed by atoms with van der Waals surface area (Å²) >= 11 is 0.394. The van der Waals surface area contributed by atoms with Crippen molar-refractivity contribution in [3.8, 4) is 0 Å². The van der Waals surface area contributed by atoms with Gasteiger partial charge in [0, 0.05) is 0 Å². The van der Waals surface area contributed by atoms with Crippen LogP contribution in [-0.2, 0) is 17.5 Å². The highest BCUT2D eigenvalue weighted by Gasteiger charge is 2.33. The zero-order valence-electron chi connectivity index (χ0n) is 11.9. The molecule has 0 aliphatic rings. The molecule has 3 rings (SSSR count). The number of nitrogens with one attached hydrogen (secondary N) is 1. The third kappa shape index (κ3) is 3.34. The maximum atomic E-state index is 12.5. The minimum atomic E-state index is -4.46. The van der Waals surface area contributed by atoms with Crippen molar-refractivity contribution < 1.29 is 18.0 Å². The molecular formula is C14H11F3N4OS. The lowest BCUT2D eigenvalue weighted by atomic mass is 10.2. The number of rotatable bonds is 3. The summed E-state index contributed by atoms with van der Waals surface area (Å²) in [7, 11) is 0. The van der Waals surface area contributed by atoms with E-state index in [0.29, 0.717) is 17.5 Å². The Kier molecular flexibility index (Phi) is 3.80. The van der Waals surface area contributed by atoms with Gasteiger partial charge in [0.25, 0.3) is 0 Å². The number of aryl methyl sites for hydroxylation is 1. The first-order chi connectivity index (χ1) is 10.8. The highest BCUT2D eigenvalue weighted by atomic mass is 32.1. The molecule has 0 atom stereocenters. The number of fused-ring (bicyclic) bond motifs is 1. The molecule has 9 heteroatoms. The first-order valence-corrected chi connectivity index (χ1v) is 7.39. The van der Waals surface area contributed by atoms with Crippen molar-refractivity contribution in [1.29, 1.82) is 0 Å². The largest absolute Gasteiger partial charge is 0.427 e. The van der Waals surface area contributed by atoms with Crippen LogP contribution in [0, 0.1) is 6.92 Å². The lowest BCUT2D eigenvalue weighted by Gasteiger charge is -2.05. The van der Waals surface area contributed by atoms with Crippen LogP contribution in [0.1, 0.15) is 10.4 Å². The standard InChI is InChI=1S/C14H11F3N4OS/c1-8-2-3-9-10(4-8)21(7-19-9)6-12(22)20-13-18-5-11(23-13)14(15,16)17/h2-5,7H,6H2,1H3,(H,18,20,22). The van der Waals surface area contributed by atoms with E-state index in [9.17, 15) is 18.0 Å². The van der Waals surface area contributed by atoms with E-state index in [1.165, 1.54) is 6.33 Å². The first kappa shape index (κ1) is 15.5. The van der Waals surface area contributed by atoms with E-state index < -0.39 is 17.0 Å². The Morgan fingerprint density at radius 3 is 2.83 bits per heavy atom. The summed E-state index contributed by atoms with van der Waals surface area (Å²) in [5, 5.41) is 2.29. The number of hydrogen-bond acceptors (Lipinski definition) is 4. The van der Waals surface area contributed by atoms with Crippen molar-refractivity contribution in [2.24, 2.45) is 0 Å². The fourth-order valence-corrected chi connectivity index (χ4v) is 2.77.